The van der Waals surface area contributed by atoms with Gasteiger partial charge < -0.3 is 15.2 Å². The van der Waals surface area contributed by atoms with Crippen LogP contribution in [0, 0.1) is 5.82 Å². The molecular weight excluding hydrogens is 369 g/mol. The van der Waals surface area contributed by atoms with E-state index in [1.54, 1.807) is 24.3 Å². The van der Waals surface area contributed by atoms with Crippen LogP contribution in [0.3, 0.4) is 0 Å². The Morgan fingerprint density at radius 1 is 0.966 bits per heavy atom. The zero-order valence-corrected chi connectivity index (χ0v) is 16.1. The van der Waals surface area contributed by atoms with E-state index in [1.807, 2.05) is 38.4 Å². The molecule has 1 heterocycles. The molecule has 6 heteroatoms. The molecule has 146 valence electrons. The van der Waals surface area contributed by atoms with Crippen LogP contribution in [-0.4, -0.2) is 29.9 Å². The van der Waals surface area contributed by atoms with Gasteiger partial charge in [0.2, 0.25) is 0 Å². The zero-order valence-electron chi connectivity index (χ0n) is 16.1. The number of hydrogen-bond donors (Lipinski definition) is 2. The predicted molar refractivity (Wildman–Crippen MR) is 114 cm³/mol. The standard InChI is InChI=1S/C23H20FN3O2/c1-27(2)13-14-9-11-15(12-10-14)25-23(29)18-7-3-5-16-20(18)26-21-17(22(16)28)6-4-8-19(21)24/h3-12H,13H2,1-2H3,(H,25,29)(H,26,28). The number of H-pyrrole nitrogens is 1. The fourth-order valence-electron chi connectivity index (χ4n) is 3.43. The van der Waals surface area contributed by atoms with Gasteiger partial charge in [-0.25, -0.2) is 4.39 Å². The van der Waals surface area contributed by atoms with Gasteiger partial charge in [-0.2, -0.15) is 0 Å². The molecule has 0 atom stereocenters. The number of rotatable bonds is 4. The van der Waals surface area contributed by atoms with E-state index in [4.69, 9.17) is 0 Å². The molecule has 0 spiro atoms. The molecular formula is C23H20FN3O2. The second kappa shape index (κ2) is 7.48. The summed E-state index contributed by atoms with van der Waals surface area (Å²) < 4.78 is 14.2. The van der Waals surface area contributed by atoms with Crippen LogP contribution in [0.4, 0.5) is 10.1 Å². The summed E-state index contributed by atoms with van der Waals surface area (Å²) in [7, 11) is 3.98. The first-order valence-electron chi connectivity index (χ1n) is 9.22. The summed E-state index contributed by atoms with van der Waals surface area (Å²) in [6.45, 7) is 0.803. The zero-order chi connectivity index (χ0) is 20.5. The molecule has 0 aliphatic rings. The van der Waals surface area contributed by atoms with Crippen molar-refractivity contribution >= 4 is 33.4 Å². The molecule has 0 saturated heterocycles. The quantitative estimate of drug-likeness (QED) is 0.516. The molecule has 0 fully saturated rings. The lowest BCUT2D eigenvalue weighted by atomic mass is 10.1. The van der Waals surface area contributed by atoms with Crippen molar-refractivity contribution in [3.05, 3.63) is 87.8 Å². The number of pyridine rings is 1. The molecule has 0 radical (unpaired) electrons. The van der Waals surface area contributed by atoms with Crippen LogP contribution >= 0.6 is 0 Å². The molecule has 1 aromatic heterocycles. The minimum absolute atomic E-state index is 0.0956. The van der Waals surface area contributed by atoms with Crippen molar-refractivity contribution in [3.63, 3.8) is 0 Å². The Labute approximate surface area is 166 Å². The number of halogens is 1. The summed E-state index contributed by atoms with van der Waals surface area (Å²) in [6, 6.07) is 16.8. The summed E-state index contributed by atoms with van der Waals surface area (Å²) in [5, 5.41) is 3.45. The second-order valence-electron chi connectivity index (χ2n) is 7.23. The van der Waals surface area contributed by atoms with Crippen LogP contribution < -0.4 is 10.7 Å². The van der Waals surface area contributed by atoms with Crippen LogP contribution in [0.25, 0.3) is 21.8 Å². The summed E-state index contributed by atoms with van der Waals surface area (Å²) in [5.74, 6) is -0.907. The lowest BCUT2D eigenvalue weighted by Crippen LogP contribution is -2.15. The van der Waals surface area contributed by atoms with Gasteiger partial charge >= 0.3 is 0 Å². The van der Waals surface area contributed by atoms with E-state index in [2.05, 4.69) is 15.2 Å². The highest BCUT2D eigenvalue weighted by Gasteiger charge is 2.15. The molecule has 0 bridgehead atoms. The minimum Gasteiger partial charge on any atom is -0.351 e. The Morgan fingerprint density at radius 2 is 1.62 bits per heavy atom. The Morgan fingerprint density at radius 3 is 2.31 bits per heavy atom. The maximum atomic E-state index is 14.2. The van der Waals surface area contributed by atoms with Gasteiger partial charge in [0, 0.05) is 23.0 Å². The molecule has 0 aliphatic carbocycles. The van der Waals surface area contributed by atoms with Gasteiger partial charge in [0.1, 0.15) is 5.82 Å². The van der Waals surface area contributed by atoms with Crippen LogP contribution in [0.15, 0.2) is 65.5 Å². The van der Waals surface area contributed by atoms with Gasteiger partial charge in [0.25, 0.3) is 5.91 Å². The van der Waals surface area contributed by atoms with Crippen molar-refractivity contribution in [2.75, 3.05) is 19.4 Å². The first kappa shape index (κ1) is 18.8. The van der Waals surface area contributed by atoms with Gasteiger partial charge in [-0.1, -0.05) is 24.3 Å². The number of nitrogens with zero attached hydrogens (tertiary/aromatic N) is 1. The largest absolute Gasteiger partial charge is 0.351 e. The number of para-hydroxylation sites is 2. The van der Waals surface area contributed by atoms with Crippen LogP contribution in [0.5, 0.6) is 0 Å². The third-order valence-corrected chi connectivity index (χ3v) is 4.77. The molecule has 1 amide bonds. The van der Waals surface area contributed by atoms with Crippen LogP contribution in [0.2, 0.25) is 0 Å². The van der Waals surface area contributed by atoms with Crippen molar-refractivity contribution in [1.29, 1.82) is 0 Å². The van der Waals surface area contributed by atoms with E-state index in [9.17, 15) is 14.0 Å². The number of benzene rings is 3. The van der Waals surface area contributed by atoms with Crippen molar-refractivity contribution in [2.24, 2.45) is 0 Å². The average Bonchev–Trinajstić information content (AvgIpc) is 2.70. The molecule has 0 saturated carbocycles. The van der Waals surface area contributed by atoms with E-state index in [-0.39, 0.29) is 27.8 Å². The summed E-state index contributed by atoms with van der Waals surface area (Å²) in [6.07, 6.45) is 0. The molecule has 2 N–H and O–H groups in total. The highest BCUT2D eigenvalue weighted by atomic mass is 19.1. The lowest BCUT2D eigenvalue weighted by molar-refractivity contribution is 0.102. The number of aromatic nitrogens is 1. The number of nitrogens with one attached hydrogen (secondary N) is 2. The highest BCUT2D eigenvalue weighted by molar-refractivity contribution is 6.13. The molecule has 29 heavy (non-hydrogen) atoms. The smallest absolute Gasteiger partial charge is 0.257 e. The maximum Gasteiger partial charge on any atom is 0.257 e. The van der Waals surface area contributed by atoms with Crippen LogP contribution in [-0.2, 0) is 6.54 Å². The maximum absolute atomic E-state index is 14.2. The van der Waals surface area contributed by atoms with Gasteiger partial charge in [-0.3, -0.25) is 9.59 Å². The molecule has 4 aromatic rings. The molecule has 4 rings (SSSR count). The van der Waals surface area contributed by atoms with Gasteiger partial charge in [0.15, 0.2) is 5.43 Å². The SMILES string of the molecule is CN(C)Cc1ccc(NC(=O)c2cccc3c(=O)c4cccc(F)c4[nH]c23)cc1. The van der Waals surface area contributed by atoms with Crippen molar-refractivity contribution in [1.82, 2.24) is 9.88 Å². The Balaban J connectivity index is 1.73. The molecule has 0 unspecified atom stereocenters. The van der Waals surface area contributed by atoms with E-state index >= 15 is 0 Å². The number of amides is 1. The average molecular weight is 389 g/mol. The number of fused-ring (bicyclic) bond motifs is 2. The summed E-state index contributed by atoms with van der Waals surface area (Å²) >= 11 is 0. The Kier molecular flexibility index (Phi) is 4.86. The Bertz CT molecular complexity index is 1280. The van der Waals surface area contributed by atoms with Crippen molar-refractivity contribution in [2.45, 2.75) is 6.54 Å². The van der Waals surface area contributed by atoms with Gasteiger partial charge in [-0.15, -0.1) is 0 Å². The number of aromatic amines is 1. The topological polar surface area (TPSA) is 65.2 Å². The summed E-state index contributed by atoms with van der Waals surface area (Å²) in [4.78, 5) is 30.7. The van der Waals surface area contributed by atoms with E-state index < -0.39 is 5.82 Å². The van der Waals surface area contributed by atoms with Crippen LogP contribution in [0.1, 0.15) is 15.9 Å². The third kappa shape index (κ3) is 3.62. The van der Waals surface area contributed by atoms with E-state index in [0.717, 1.165) is 12.1 Å². The highest BCUT2D eigenvalue weighted by Crippen LogP contribution is 2.21. The number of carbonyl (C=O) groups excluding carboxylic acids is 1. The van der Waals surface area contributed by atoms with Crippen molar-refractivity contribution in [3.8, 4) is 0 Å². The molecule has 3 aromatic carbocycles. The molecule has 0 aliphatic heterocycles. The number of anilines is 1. The monoisotopic (exact) mass is 389 g/mol. The summed E-state index contributed by atoms with van der Waals surface area (Å²) in [5.41, 5.74) is 2.15. The van der Waals surface area contributed by atoms with Gasteiger partial charge in [-0.05, 0) is 56.1 Å². The lowest BCUT2D eigenvalue weighted by Gasteiger charge is -2.12. The second-order valence-corrected chi connectivity index (χ2v) is 7.23. The fourth-order valence-corrected chi connectivity index (χ4v) is 3.43. The fraction of sp³-hybridized carbons (Fsp3) is 0.130. The third-order valence-electron chi connectivity index (χ3n) is 4.77. The first-order chi connectivity index (χ1) is 13.9. The van der Waals surface area contributed by atoms with E-state index in [0.29, 0.717) is 16.6 Å². The first-order valence-corrected chi connectivity index (χ1v) is 9.22. The minimum atomic E-state index is -0.534. The van der Waals surface area contributed by atoms with Gasteiger partial charge in [0.05, 0.1) is 16.6 Å². The Hall–Kier alpha value is -3.51. The number of hydrogen-bond acceptors (Lipinski definition) is 3. The number of carbonyl (C=O) groups is 1. The molecule has 5 nitrogen and oxygen atoms in total. The normalized spacial score (nSPS) is 11.3. The van der Waals surface area contributed by atoms with E-state index in [1.165, 1.54) is 12.1 Å². The van der Waals surface area contributed by atoms with Crippen molar-refractivity contribution < 1.29 is 9.18 Å². The predicted octanol–water partition coefficient (Wildman–Crippen LogP) is 4.13.